The summed E-state index contributed by atoms with van der Waals surface area (Å²) in [6, 6.07) is 2.72. The number of aromatic nitrogens is 1. The predicted molar refractivity (Wildman–Crippen MR) is 88.5 cm³/mol. The van der Waals surface area contributed by atoms with Crippen LogP contribution in [0.25, 0.3) is 0 Å². The second-order valence-corrected chi connectivity index (χ2v) is 5.44. The largest absolute Gasteiger partial charge is 0.314 e. The van der Waals surface area contributed by atoms with Gasteiger partial charge in [-0.15, -0.1) is 24.8 Å². The summed E-state index contributed by atoms with van der Waals surface area (Å²) in [6.45, 7) is 6.72. The minimum absolute atomic E-state index is 0. The minimum Gasteiger partial charge on any atom is -0.314 e. The molecule has 0 aliphatic carbocycles. The lowest BCUT2D eigenvalue weighted by atomic mass is 10.0. The molecule has 110 valence electrons. The van der Waals surface area contributed by atoms with E-state index in [2.05, 4.69) is 44.1 Å². The molecule has 1 saturated heterocycles. The highest BCUT2D eigenvalue weighted by Crippen LogP contribution is 2.27. The van der Waals surface area contributed by atoms with Crippen LogP contribution in [0, 0.1) is 0 Å². The van der Waals surface area contributed by atoms with E-state index in [1.165, 1.54) is 18.4 Å². The minimum atomic E-state index is 0. The Morgan fingerprint density at radius 2 is 2.00 bits per heavy atom. The van der Waals surface area contributed by atoms with Crippen molar-refractivity contribution in [3.05, 3.63) is 28.5 Å². The molecule has 19 heavy (non-hydrogen) atoms. The van der Waals surface area contributed by atoms with Gasteiger partial charge < -0.3 is 5.32 Å². The Hall–Kier alpha value is 0.130. The van der Waals surface area contributed by atoms with Crippen LogP contribution in [0.3, 0.4) is 0 Å². The molecule has 6 heteroatoms. The Labute approximate surface area is 136 Å². The Balaban J connectivity index is 0.00000162. The van der Waals surface area contributed by atoms with Gasteiger partial charge in [0.05, 0.1) is 0 Å². The van der Waals surface area contributed by atoms with Gasteiger partial charge in [0.1, 0.15) is 0 Å². The normalized spacial score (nSPS) is 17.2. The van der Waals surface area contributed by atoms with Crippen LogP contribution in [0.1, 0.15) is 31.4 Å². The molecule has 1 atom stereocenters. The summed E-state index contributed by atoms with van der Waals surface area (Å²) in [5.74, 6) is 0. The number of hydrogen-bond acceptors (Lipinski definition) is 3. The van der Waals surface area contributed by atoms with E-state index in [0.717, 1.165) is 30.7 Å². The van der Waals surface area contributed by atoms with Gasteiger partial charge in [-0.1, -0.05) is 13.3 Å². The molecule has 0 unspecified atom stereocenters. The molecule has 0 spiro atoms. The highest BCUT2D eigenvalue weighted by atomic mass is 79.9. The van der Waals surface area contributed by atoms with Crippen LogP contribution in [0.5, 0.6) is 0 Å². The van der Waals surface area contributed by atoms with E-state index in [1.807, 2.05) is 12.4 Å². The summed E-state index contributed by atoms with van der Waals surface area (Å²) >= 11 is 3.51. The Bertz CT molecular complexity index is 359. The maximum atomic E-state index is 4.29. The molecule has 0 bridgehead atoms. The second-order valence-electron chi connectivity index (χ2n) is 4.53. The first-order valence-electron chi connectivity index (χ1n) is 6.36. The van der Waals surface area contributed by atoms with Crippen molar-refractivity contribution in [2.24, 2.45) is 0 Å². The van der Waals surface area contributed by atoms with Gasteiger partial charge in [0.25, 0.3) is 0 Å². The van der Waals surface area contributed by atoms with Gasteiger partial charge in [-0.05, 0) is 34.0 Å². The van der Waals surface area contributed by atoms with Gasteiger partial charge >= 0.3 is 0 Å². The monoisotopic (exact) mass is 369 g/mol. The number of hydrogen-bond donors (Lipinski definition) is 1. The Morgan fingerprint density at radius 1 is 1.32 bits per heavy atom. The lowest BCUT2D eigenvalue weighted by molar-refractivity contribution is 0.164. The molecule has 1 fully saturated rings. The van der Waals surface area contributed by atoms with E-state index in [-0.39, 0.29) is 24.8 Å². The lowest BCUT2D eigenvalue weighted by Gasteiger charge is -2.35. The fourth-order valence-corrected chi connectivity index (χ4v) is 2.82. The number of piperazine rings is 1. The number of rotatable bonds is 4. The number of nitrogens with zero attached hydrogens (tertiary/aromatic N) is 2. The molecule has 1 N–H and O–H groups in total. The van der Waals surface area contributed by atoms with Crippen LogP contribution in [-0.4, -0.2) is 36.1 Å². The van der Waals surface area contributed by atoms with Gasteiger partial charge in [-0.3, -0.25) is 9.88 Å². The van der Waals surface area contributed by atoms with Crippen LogP contribution in [-0.2, 0) is 0 Å². The molecular formula is C13H22BrCl2N3. The summed E-state index contributed by atoms with van der Waals surface area (Å²) in [6.07, 6.45) is 6.27. The number of nitrogens with one attached hydrogen (secondary N) is 1. The topological polar surface area (TPSA) is 28.2 Å². The van der Waals surface area contributed by atoms with Crippen molar-refractivity contribution in [3.63, 3.8) is 0 Å². The fourth-order valence-electron chi connectivity index (χ4n) is 2.44. The molecule has 2 heterocycles. The number of halogens is 3. The van der Waals surface area contributed by atoms with E-state index < -0.39 is 0 Å². The molecule has 1 aromatic rings. The summed E-state index contributed by atoms with van der Waals surface area (Å²) < 4.78 is 1.08. The molecule has 0 aromatic carbocycles. The zero-order chi connectivity index (χ0) is 12.1. The van der Waals surface area contributed by atoms with Crippen molar-refractivity contribution in [2.75, 3.05) is 26.2 Å². The molecule has 0 radical (unpaired) electrons. The van der Waals surface area contributed by atoms with Crippen LogP contribution in [0.4, 0.5) is 0 Å². The smallest absolute Gasteiger partial charge is 0.0410 e. The zero-order valence-corrected chi connectivity index (χ0v) is 14.4. The maximum absolute atomic E-state index is 4.29. The highest BCUT2D eigenvalue weighted by molar-refractivity contribution is 9.10. The standard InChI is InChI=1S/C13H20BrN3.2ClH/c1-2-3-13(17-6-4-15-5-7-17)11-8-12(14)10-16-9-11;;/h8-10,13,15H,2-7H2,1H3;2*1H/t13-;;/m0../s1. The van der Waals surface area contributed by atoms with Crippen LogP contribution in [0.15, 0.2) is 22.9 Å². The van der Waals surface area contributed by atoms with E-state index in [9.17, 15) is 0 Å². The van der Waals surface area contributed by atoms with Crippen molar-refractivity contribution in [1.29, 1.82) is 0 Å². The van der Waals surface area contributed by atoms with Crippen molar-refractivity contribution in [1.82, 2.24) is 15.2 Å². The highest BCUT2D eigenvalue weighted by Gasteiger charge is 2.21. The van der Waals surface area contributed by atoms with Crippen molar-refractivity contribution in [2.45, 2.75) is 25.8 Å². The van der Waals surface area contributed by atoms with Crippen molar-refractivity contribution < 1.29 is 0 Å². The van der Waals surface area contributed by atoms with Crippen LogP contribution >= 0.6 is 40.7 Å². The average Bonchev–Trinajstić information content (AvgIpc) is 2.37. The quantitative estimate of drug-likeness (QED) is 0.879. The second kappa shape index (κ2) is 9.94. The Morgan fingerprint density at radius 3 is 2.58 bits per heavy atom. The average molecular weight is 371 g/mol. The molecule has 0 saturated carbocycles. The summed E-state index contributed by atoms with van der Waals surface area (Å²) in [5.41, 5.74) is 1.34. The summed E-state index contributed by atoms with van der Waals surface area (Å²) in [4.78, 5) is 6.87. The van der Waals surface area contributed by atoms with Gasteiger partial charge in [0.2, 0.25) is 0 Å². The third kappa shape index (κ3) is 5.56. The van der Waals surface area contributed by atoms with E-state index in [1.54, 1.807) is 0 Å². The third-order valence-electron chi connectivity index (χ3n) is 3.27. The predicted octanol–water partition coefficient (Wildman–Crippen LogP) is 3.43. The van der Waals surface area contributed by atoms with Crippen molar-refractivity contribution in [3.8, 4) is 0 Å². The molecule has 1 aromatic heterocycles. The Kier molecular flexibility index (Phi) is 10.0. The van der Waals surface area contributed by atoms with Gasteiger partial charge in [0.15, 0.2) is 0 Å². The van der Waals surface area contributed by atoms with Gasteiger partial charge in [-0.2, -0.15) is 0 Å². The third-order valence-corrected chi connectivity index (χ3v) is 3.70. The van der Waals surface area contributed by atoms with Crippen LogP contribution < -0.4 is 5.32 Å². The lowest BCUT2D eigenvalue weighted by Crippen LogP contribution is -2.45. The van der Waals surface area contributed by atoms with E-state index >= 15 is 0 Å². The molecule has 2 rings (SSSR count). The summed E-state index contributed by atoms with van der Waals surface area (Å²) in [5, 5.41) is 3.41. The molecular weight excluding hydrogens is 349 g/mol. The van der Waals surface area contributed by atoms with Crippen molar-refractivity contribution >= 4 is 40.7 Å². The maximum Gasteiger partial charge on any atom is 0.0410 e. The van der Waals surface area contributed by atoms with E-state index in [0.29, 0.717) is 6.04 Å². The fraction of sp³-hybridized carbons (Fsp3) is 0.615. The first-order chi connectivity index (χ1) is 8.31. The SMILES string of the molecule is CCC[C@@H](c1cncc(Br)c1)N1CCNCC1.Cl.Cl. The van der Waals surface area contributed by atoms with E-state index in [4.69, 9.17) is 0 Å². The summed E-state index contributed by atoms with van der Waals surface area (Å²) in [7, 11) is 0. The molecule has 1 aliphatic heterocycles. The van der Waals surface area contributed by atoms with Gasteiger partial charge in [0, 0.05) is 49.1 Å². The van der Waals surface area contributed by atoms with Gasteiger partial charge in [-0.25, -0.2) is 0 Å². The first kappa shape index (κ1) is 19.1. The molecule has 3 nitrogen and oxygen atoms in total. The molecule has 1 aliphatic rings. The van der Waals surface area contributed by atoms with Crippen LogP contribution in [0.2, 0.25) is 0 Å². The molecule has 0 amide bonds. The number of pyridine rings is 1. The first-order valence-corrected chi connectivity index (χ1v) is 7.15. The zero-order valence-electron chi connectivity index (χ0n) is 11.1.